The van der Waals surface area contributed by atoms with Crippen LogP contribution in [0.15, 0.2) is 29.1 Å². The molecule has 0 saturated carbocycles. The lowest BCUT2D eigenvalue weighted by molar-refractivity contribution is -0.0370. The molecule has 2 aromatic heterocycles. The number of aryl methyl sites for hydroxylation is 1. The van der Waals surface area contributed by atoms with E-state index in [-0.39, 0.29) is 11.7 Å². The van der Waals surface area contributed by atoms with Crippen molar-refractivity contribution in [3.8, 4) is 0 Å². The molecule has 2 saturated heterocycles. The number of pyridine rings is 1. The minimum absolute atomic E-state index is 0.00641. The van der Waals surface area contributed by atoms with Crippen molar-refractivity contribution in [1.29, 1.82) is 0 Å². The fourth-order valence-electron chi connectivity index (χ4n) is 3.74. The molecule has 0 aliphatic carbocycles. The summed E-state index contributed by atoms with van der Waals surface area (Å²) in [6.07, 6.45) is 0.276. The van der Waals surface area contributed by atoms with Crippen LogP contribution in [-0.2, 0) is 11.3 Å². The topological polar surface area (TPSA) is 50.1 Å². The average molecular weight is 314 g/mol. The van der Waals surface area contributed by atoms with Crippen LogP contribution in [0.3, 0.4) is 0 Å². The SMILES string of the molecule is Cc1cccc2nc(CN3CC4OCCN(C)C4C3)cc(=O)n12. The van der Waals surface area contributed by atoms with Crippen molar-refractivity contribution in [2.75, 3.05) is 33.3 Å². The molecule has 4 heterocycles. The third-order valence-electron chi connectivity index (χ3n) is 4.97. The molecule has 0 spiro atoms. The Bertz CT molecular complexity index is 788. The normalized spacial score (nSPS) is 25.8. The summed E-state index contributed by atoms with van der Waals surface area (Å²) < 4.78 is 7.54. The molecule has 0 bridgehead atoms. The molecule has 2 atom stereocenters. The number of likely N-dealkylation sites (N-methyl/N-ethyl adjacent to an activating group) is 1. The smallest absolute Gasteiger partial charge is 0.258 e. The first-order valence-electron chi connectivity index (χ1n) is 8.14. The molecule has 0 radical (unpaired) electrons. The Kier molecular flexibility index (Phi) is 3.67. The monoisotopic (exact) mass is 314 g/mol. The largest absolute Gasteiger partial charge is 0.374 e. The molecule has 0 N–H and O–H groups in total. The lowest BCUT2D eigenvalue weighted by Crippen LogP contribution is -2.48. The summed E-state index contributed by atoms with van der Waals surface area (Å²) in [4.78, 5) is 21.7. The molecule has 2 aromatic rings. The fraction of sp³-hybridized carbons (Fsp3) is 0.529. The highest BCUT2D eigenvalue weighted by molar-refractivity contribution is 5.40. The minimum Gasteiger partial charge on any atom is -0.374 e. The molecule has 2 fully saturated rings. The number of ether oxygens (including phenoxy) is 1. The van der Waals surface area contributed by atoms with Crippen LogP contribution in [0.5, 0.6) is 0 Å². The van der Waals surface area contributed by atoms with E-state index in [4.69, 9.17) is 4.74 Å². The van der Waals surface area contributed by atoms with Gasteiger partial charge < -0.3 is 4.74 Å². The van der Waals surface area contributed by atoms with Crippen molar-refractivity contribution in [3.05, 3.63) is 46.0 Å². The molecule has 0 aromatic carbocycles. The van der Waals surface area contributed by atoms with E-state index in [2.05, 4.69) is 21.8 Å². The molecule has 6 heteroatoms. The van der Waals surface area contributed by atoms with Gasteiger partial charge in [-0.05, 0) is 26.1 Å². The van der Waals surface area contributed by atoms with E-state index in [0.29, 0.717) is 12.6 Å². The number of aromatic nitrogens is 2. The van der Waals surface area contributed by atoms with E-state index in [1.54, 1.807) is 10.5 Å². The lowest BCUT2D eigenvalue weighted by atomic mass is 10.1. The van der Waals surface area contributed by atoms with Gasteiger partial charge in [0, 0.05) is 44.0 Å². The summed E-state index contributed by atoms with van der Waals surface area (Å²) in [5.74, 6) is 0. The maximum absolute atomic E-state index is 12.4. The Labute approximate surface area is 135 Å². The van der Waals surface area contributed by atoms with Gasteiger partial charge >= 0.3 is 0 Å². The van der Waals surface area contributed by atoms with Crippen LogP contribution in [0.2, 0.25) is 0 Å². The predicted octanol–water partition coefficient (Wildman–Crippen LogP) is 0.518. The second-order valence-electron chi connectivity index (χ2n) is 6.60. The zero-order valence-electron chi connectivity index (χ0n) is 13.6. The second kappa shape index (κ2) is 5.70. The van der Waals surface area contributed by atoms with Crippen molar-refractivity contribution in [3.63, 3.8) is 0 Å². The molecule has 6 nitrogen and oxygen atoms in total. The van der Waals surface area contributed by atoms with E-state index >= 15 is 0 Å². The van der Waals surface area contributed by atoms with Crippen molar-refractivity contribution in [1.82, 2.24) is 19.2 Å². The lowest BCUT2D eigenvalue weighted by Gasteiger charge is -2.33. The van der Waals surface area contributed by atoms with Gasteiger partial charge in [0.05, 0.1) is 18.4 Å². The second-order valence-corrected chi connectivity index (χ2v) is 6.60. The first-order chi connectivity index (χ1) is 11.1. The van der Waals surface area contributed by atoms with E-state index in [1.807, 2.05) is 25.1 Å². The third-order valence-corrected chi connectivity index (χ3v) is 4.97. The first-order valence-corrected chi connectivity index (χ1v) is 8.14. The van der Waals surface area contributed by atoms with Crippen molar-refractivity contribution in [2.24, 2.45) is 0 Å². The highest BCUT2D eigenvalue weighted by Gasteiger charge is 2.38. The average Bonchev–Trinajstić information content (AvgIpc) is 2.91. The van der Waals surface area contributed by atoms with Crippen molar-refractivity contribution in [2.45, 2.75) is 25.6 Å². The molecular weight excluding hydrogens is 292 g/mol. The number of nitrogens with zero attached hydrogens (tertiary/aromatic N) is 4. The van der Waals surface area contributed by atoms with Crippen LogP contribution >= 0.6 is 0 Å². The summed E-state index contributed by atoms with van der Waals surface area (Å²) in [5, 5.41) is 0. The van der Waals surface area contributed by atoms with Gasteiger partial charge in [-0.25, -0.2) is 4.98 Å². The number of rotatable bonds is 2. The Morgan fingerprint density at radius 3 is 3.04 bits per heavy atom. The molecule has 2 aliphatic rings. The number of hydrogen-bond donors (Lipinski definition) is 0. The maximum Gasteiger partial charge on any atom is 0.258 e. The summed E-state index contributed by atoms with van der Waals surface area (Å²) >= 11 is 0. The molecular formula is C17H22N4O2. The quantitative estimate of drug-likeness (QED) is 0.809. The molecule has 2 aliphatic heterocycles. The number of likely N-dealkylation sites (tertiary alicyclic amines) is 1. The van der Waals surface area contributed by atoms with Crippen LogP contribution in [0.25, 0.3) is 5.65 Å². The van der Waals surface area contributed by atoms with E-state index < -0.39 is 0 Å². The van der Waals surface area contributed by atoms with Gasteiger partial charge in [-0.3, -0.25) is 19.0 Å². The molecule has 2 unspecified atom stereocenters. The van der Waals surface area contributed by atoms with E-state index in [1.165, 1.54) is 0 Å². The van der Waals surface area contributed by atoms with Gasteiger partial charge in [0.1, 0.15) is 5.65 Å². The Morgan fingerprint density at radius 1 is 1.35 bits per heavy atom. The maximum atomic E-state index is 12.4. The highest BCUT2D eigenvalue weighted by Crippen LogP contribution is 2.22. The van der Waals surface area contributed by atoms with E-state index in [9.17, 15) is 4.79 Å². The summed E-state index contributed by atoms with van der Waals surface area (Å²) in [6, 6.07) is 7.86. The van der Waals surface area contributed by atoms with Gasteiger partial charge in [-0.1, -0.05) is 6.07 Å². The summed E-state index contributed by atoms with van der Waals surface area (Å²) in [7, 11) is 2.16. The predicted molar refractivity (Wildman–Crippen MR) is 87.6 cm³/mol. The molecule has 4 rings (SSSR count). The zero-order chi connectivity index (χ0) is 16.0. The van der Waals surface area contributed by atoms with Gasteiger partial charge in [-0.15, -0.1) is 0 Å². The number of hydrogen-bond acceptors (Lipinski definition) is 5. The number of morpholine rings is 1. The standard InChI is InChI=1S/C17H22N4O2/c1-12-4-3-5-16-18-13(8-17(22)21(12)16)9-20-10-14-15(11-20)23-7-6-19(14)2/h3-5,8,14-15H,6-7,9-11H2,1-2H3. The highest BCUT2D eigenvalue weighted by atomic mass is 16.5. The Morgan fingerprint density at radius 2 is 2.22 bits per heavy atom. The first kappa shape index (κ1) is 14.8. The van der Waals surface area contributed by atoms with Gasteiger partial charge in [-0.2, -0.15) is 0 Å². The van der Waals surface area contributed by atoms with Gasteiger partial charge in [0.25, 0.3) is 5.56 Å². The zero-order valence-corrected chi connectivity index (χ0v) is 13.6. The molecule has 0 amide bonds. The van der Waals surface area contributed by atoms with E-state index in [0.717, 1.165) is 43.3 Å². The van der Waals surface area contributed by atoms with Crippen LogP contribution in [0.1, 0.15) is 11.4 Å². The Balaban J connectivity index is 1.58. The van der Waals surface area contributed by atoms with Crippen molar-refractivity contribution < 1.29 is 4.74 Å². The summed E-state index contributed by atoms with van der Waals surface area (Å²) in [5.41, 5.74) is 2.46. The van der Waals surface area contributed by atoms with Gasteiger partial charge in [0.2, 0.25) is 0 Å². The fourth-order valence-corrected chi connectivity index (χ4v) is 3.74. The van der Waals surface area contributed by atoms with Crippen LogP contribution in [0, 0.1) is 6.92 Å². The van der Waals surface area contributed by atoms with Crippen LogP contribution in [0.4, 0.5) is 0 Å². The van der Waals surface area contributed by atoms with Crippen molar-refractivity contribution >= 4 is 5.65 Å². The van der Waals surface area contributed by atoms with Crippen LogP contribution < -0.4 is 5.56 Å². The Hall–Kier alpha value is -1.76. The molecule has 122 valence electrons. The van der Waals surface area contributed by atoms with Gasteiger partial charge in [0.15, 0.2) is 0 Å². The minimum atomic E-state index is -0.00641. The molecule has 23 heavy (non-hydrogen) atoms. The third kappa shape index (κ3) is 2.67. The van der Waals surface area contributed by atoms with Crippen LogP contribution in [-0.4, -0.2) is 64.6 Å². The number of fused-ring (bicyclic) bond motifs is 2. The summed E-state index contributed by atoms with van der Waals surface area (Å²) in [6.45, 7) is 6.29.